The fourth-order valence-electron chi connectivity index (χ4n) is 4.39. The maximum Gasteiger partial charge on any atom is 0.257 e. The van der Waals surface area contributed by atoms with Crippen LogP contribution in [0.3, 0.4) is 0 Å². The van der Waals surface area contributed by atoms with E-state index in [1.807, 2.05) is 79.9 Å². The minimum absolute atomic E-state index is 0.0644. The largest absolute Gasteiger partial charge is 0.507 e. The first-order valence-corrected chi connectivity index (χ1v) is 11.9. The van der Waals surface area contributed by atoms with Crippen LogP contribution in [0.15, 0.2) is 66.7 Å². The number of nitrogens with one attached hydrogen (secondary N) is 1. The number of imidazole rings is 1. The number of hydrogen-bond acceptors (Lipinski definition) is 4. The van der Waals surface area contributed by atoms with Gasteiger partial charge in [0, 0.05) is 25.2 Å². The lowest BCUT2D eigenvalue weighted by atomic mass is 9.83. The smallest absolute Gasteiger partial charge is 0.257 e. The number of fused-ring (bicyclic) bond motifs is 1. The Morgan fingerprint density at radius 1 is 0.917 bits per heavy atom. The molecule has 186 valence electrons. The predicted octanol–water partition coefficient (Wildman–Crippen LogP) is 4.56. The Morgan fingerprint density at radius 3 is 2.08 bits per heavy atom. The summed E-state index contributed by atoms with van der Waals surface area (Å²) in [4.78, 5) is 27.8. The standard InChI is InChI=1S/C29H32N4O3/c1-29(2,3)22-16-20(15-21(26(22)35)27(36)31(4)5)25(34)18-33-24-14-10-9-13-23(24)32(28(33)30)17-19-11-7-6-8-12-19/h6-16,30,35H,17-18H2,1-5H3. The highest BCUT2D eigenvalue weighted by Crippen LogP contribution is 2.35. The summed E-state index contributed by atoms with van der Waals surface area (Å²) in [5.74, 6) is -0.721. The zero-order valence-corrected chi connectivity index (χ0v) is 21.4. The molecule has 4 aromatic rings. The summed E-state index contributed by atoms with van der Waals surface area (Å²) in [5.41, 5.74) is 3.39. The van der Waals surface area contributed by atoms with Gasteiger partial charge in [-0.1, -0.05) is 63.2 Å². The Hall–Kier alpha value is -4.13. The molecular formula is C29H32N4O3. The normalized spacial score (nSPS) is 11.6. The molecule has 36 heavy (non-hydrogen) atoms. The van der Waals surface area contributed by atoms with Crippen molar-refractivity contribution < 1.29 is 14.7 Å². The molecular weight excluding hydrogens is 452 g/mol. The molecule has 1 aromatic heterocycles. The Balaban J connectivity index is 1.80. The van der Waals surface area contributed by atoms with E-state index in [1.165, 1.54) is 11.0 Å². The van der Waals surface area contributed by atoms with Gasteiger partial charge in [0.2, 0.25) is 5.62 Å². The summed E-state index contributed by atoms with van der Waals surface area (Å²) < 4.78 is 3.58. The number of Topliss-reactive ketones (excluding diaryl/α,β-unsaturated/α-hetero) is 1. The van der Waals surface area contributed by atoms with Gasteiger partial charge in [-0.15, -0.1) is 0 Å². The number of para-hydroxylation sites is 2. The maximum absolute atomic E-state index is 13.6. The van der Waals surface area contributed by atoms with Crippen LogP contribution in [0.4, 0.5) is 0 Å². The molecule has 0 aliphatic carbocycles. The molecule has 0 saturated heterocycles. The number of benzene rings is 3. The first-order valence-electron chi connectivity index (χ1n) is 11.9. The third-order valence-corrected chi connectivity index (χ3v) is 6.34. The van der Waals surface area contributed by atoms with E-state index < -0.39 is 5.41 Å². The monoisotopic (exact) mass is 484 g/mol. The van der Waals surface area contributed by atoms with Gasteiger partial charge < -0.3 is 19.1 Å². The van der Waals surface area contributed by atoms with Crippen LogP contribution in [0, 0.1) is 5.41 Å². The Bertz CT molecular complexity index is 1510. The summed E-state index contributed by atoms with van der Waals surface area (Å²) in [6.45, 7) is 6.22. The number of rotatable bonds is 6. The Labute approximate surface area is 210 Å². The van der Waals surface area contributed by atoms with E-state index in [0.717, 1.165) is 16.6 Å². The molecule has 0 radical (unpaired) electrons. The van der Waals surface area contributed by atoms with Crippen molar-refractivity contribution in [1.29, 1.82) is 5.41 Å². The zero-order chi connectivity index (χ0) is 26.2. The summed E-state index contributed by atoms with van der Waals surface area (Å²) in [7, 11) is 3.22. The summed E-state index contributed by atoms with van der Waals surface area (Å²) in [6, 6.07) is 20.7. The van der Waals surface area contributed by atoms with Gasteiger partial charge in [-0.2, -0.15) is 0 Å². The Morgan fingerprint density at radius 2 is 1.50 bits per heavy atom. The van der Waals surface area contributed by atoms with Crippen molar-refractivity contribution in [2.24, 2.45) is 0 Å². The number of carbonyl (C=O) groups is 2. The fourth-order valence-corrected chi connectivity index (χ4v) is 4.39. The minimum Gasteiger partial charge on any atom is -0.507 e. The second-order valence-electron chi connectivity index (χ2n) is 10.3. The van der Waals surface area contributed by atoms with Crippen LogP contribution < -0.4 is 5.62 Å². The Kier molecular flexibility index (Phi) is 6.59. The van der Waals surface area contributed by atoms with Crippen LogP contribution in [0.2, 0.25) is 0 Å². The predicted molar refractivity (Wildman–Crippen MR) is 140 cm³/mol. The van der Waals surface area contributed by atoms with Crippen LogP contribution in [-0.2, 0) is 18.5 Å². The number of nitrogens with zero attached hydrogens (tertiary/aromatic N) is 3. The molecule has 0 spiro atoms. The minimum atomic E-state index is -0.485. The molecule has 3 aromatic carbocycles. The van der Waals surface area contributed by atoms with Gasteiger partial charge >= 0.3 is 0 Å². The SMILES string of the molecule is CN(C)C(=O)c1cc(C(=O)Cn2c(=N)n(Cc3ccccc3)c3ccccc32)cc(C(C)(C)C)c1O. The van der Waals surface area contributed by atoms with Crippen molar-refractivity contribution in [2.75, 3.05) is 14.1 Å². The van der Waals surface area contributed by atoms with Crippen molar-refractivity contribution in [2.45, 2.75) is 39.3 Å². The summed E-state index contributed by atoms with van der Waals surface area (Å²) >= 11 is 0. The lowest BCUT2D eigenvalue weighted by Gasteiger charge is -2.24. The number of carbonyl (C=O) groups excluding carboxylic acids is 2. The molecule has 0 aliphatic heterocycles. The van der Waals surface area contributed by atoms with Gasteiger partial charge in [0.05, 0.1) is 29.7 Å². The van der Waals surface area contributed by atoms with Gasteiger partial charge in [-0.25, -0.2) is 0 Å². The van der Waals surface area contributed by atoms with E-state index >= 15 is 0 Å². The molecule has 0 atom stereocenters. The van der Waals surface area contributed by atoms with Gasteiger partial charge in [0.15, 0.2) is 5.78 Å². The van der Waals surface area contributed by atoms with Crippen molar-refractivity contribution in [1.82, 2.24) is 14.0 Å². The van der Waals surface area contributed by atoms with Gasteiger partial charge in [0.25, 0.3) is 5.91 Å². The highest BCUT2D eigenvalue weighted by Gasteiger charge is 2.27. The van der Waals surface area contributed by atoms with Crippen LogP contribution in [0.5, 0.6) is 5.75 Å². The quantitative estimate of drug-likeness (QED) is 0.393. The van der Waals surface area contributed by atoms with Crippen molar-refractivity contribution in [3.63, 3.8) is 0 Å². The van der Waals surface area contributed by atoms with Gasteiger partial charge in [-0.05, 0) is 35.2 Å². The molecule has 0 saturated carbocycles. The van der Waals surface area contributed by atoms with E-state index in [1.54, 1.807) is 24.7 Å². The molecule has 4 rings (SSSR count). The van der Waals surface area contributed by atoms with Gasteiger partial charge in [0.1, 0.15) is 5.75 Å². The second kappa shape index (κ2) is 9.49. The van der Waals surface area contributed by atoms with E-state index in [4.69, 9.17) is 5.41 Å². The second-order valence-corrected chi connectivity index (χ2v) is 10.3. The lowest BCUT2D eigenvalue weighted by Crippen LogP contribution is -2.28. The average Bonchev–Trinajstić information content (AvgIpc) is 3.09. The molecule has 0 unspecified atom stereocenters. The molecule has 1 heterocycles. The number of aromatic hydroxyl groups is 1. The number of aromatic nitrogens is 2. The van der Waals surface area contributed by atoms with Crippen molar-refractivity contribution >= 4 is 22.7 Å². The number of ketones is 1. The number of phenols is 1. The van der Waals surface area contributed by atoms with Crippen LogP contribution in [-0.4, -0.2) is 44.9 Å². The summed E-state index contributed by atoms with van der Waals surface area (Å²) in [5, 5.41) is 19.8. The zero-order valence-electron chi connectivity index (χ0n) is 21.4. The van der Waals surface area contributed by atoms with E-state index in [0.29, 0.717) is 17.7 Å². The highest BCUT2D eigenvalue weighted by molar-refractivity contribution is 6.03. The van der Waals surface area contributed by atoms with E-state index in [-0.39, 0.29) is 35.2 Å². The molecule has 7 heteroatoms. The van der Waals surface area contributed by atoms with Crippen molar-refractivity contribution in [3.8, 4) is 5.75 Å². The first kappa shape index (κ1) is 25.0. The van der Waals surface area contributed by atoms with Crippen molar-refractivity contribution in [3.05, 3.63) is 94.6 Å². The molecule has 7 nitrogen and oxygen atoms in total. The van der Waals surface area contributed by atoms with E-state index in [9.17, 15) is 14.7 Å². The third kappa shape index (κ3) is 4.69. The van der Waals surface area contributed by atoms with Crippen LogP contribution >= 0.6 is 0 Å². The maximum atomic E-state index is 13.6. The molecule has 1 amide bonds. The topological polar surface area (TPSA) is 91.3 Å². The lowest BCUT2D eigenvalue weighted by molar-refractivity contribution is 0.0824. The number of phenolic OH excluding ortho intramolecular Hbond substituents is 1. The van der Waals surface area contributed by atoms with Crippen LogP contribution in [0.25, 0.3) is 11.0 Å². The number of amides is 1. The first-order chi connectivity index (χ1) is 17.0. The highest BCUT2D eigenvalue weighted by atomic mass is 16.3. The third-order valence-electron chi connectivity index (χ3n) is 6.34. The molecule has 0 aliphatic rings. The number of hydrogen-bond donors (Lipinski definition) is 2. The average molecular weight is 485 g/mol. The van der Waals surface area contributed by atoms with Gasteiger partial charge in [-0.3, -0.25) is 15.0 Å². The molecule has 0 fully saturated rings. The fraction of sp³-hybridized carbons (Fsp3) is 0.276. The molecule has 0 bridgehead atoms. The summed E-state index contributed by atoms with van der Waals surface area (Å²) in [6.07, 6.45) is 0. The van der Waals surface area contributed by atoms with E-state index in [2.05, 4.69) is 0 Å². The van der Waals surface area contributed by atoms with Crippen LogP contribution in [0.1, 0.15) is 52.6 Å². The molecule has 2 N–H and O–H groups in total.